The molecule has 1 atom stereocenters. The van der Waals surface area contributed by atoms with Crippen molar-refractivity contribution in [1.29, 1.82) is 0 Å². The molecule has 59 heavy (non-hydrogen) atoms. The van der Waals surface area contributed by atoms with Crippen LogP contribution >= 0.6 is 11.6 Å². The Morgan fingerprint density at radius 1 is 0.966 bits per heavy atom. The number of nitrogens with one attached hydrogen (secondary N) is 3. The standard InChI is InChI=1S/C42H49ClN10O6/c1-25(2)53-33-7-4-29(18-27(33)20-35(41(53)58)59-24-37(55)44-3)46-38-32(43)21-45-42(48-38)51-16-14-49(15-17-51)22-26-10-12-50(13-11-26)30-5-6-31-28(19-30)23-52(40(31)57)34-8-9-36(54)47-39(34)56/h4-7,18-21,25-26,34H,8-17,22-24H2,1-3H3,(H,44,55)(H,45,46,48)(H,47,54,56). The van der Waals surface area contributed by atoms with Crippen molar-refractivity contribution in [3.05, 3.63) is 75.2 Å². The molecule has 0 radical (unpaired) electrons. The van der Waals surface area contributed by atoms with Gasteiger partial charge in [-0.1, -0.05) is 11.6 Å². The van der Waals surface area contributed by atoms with Gasteiger partial charge in [0.15, 0.2) is 18.2 Å². The van der Waals surface area contributed by atoms with Gasteiger partial charge in [-0.05, 0) is 87.1 Å². The number of rotatable bonds is 11. The van der Waals surface area contributed by atoms with Crippen LogP contribution < -0.4 is 36.0 Å². The number of nitrogens with zero attached hydrogens (tertiary/aromatic N) is 7. The van der Waals surface area contributed by atoms with Crippen LogP contribution in [-0.2, 0) is 20.9 Å². The third kappa shape index (κ3) is 8.41. The van der Waals surface area contributed by atoms with Gasteiger partial charge in [-0.3, -0.25) is 34.2 Å². The monoisotopic (exact) mass is 824 g/mol. The lowest BCUT2D eigenvalue weighted by atomic mass is 9.95. The highest BCUT2D eigenvalue weighted by Gasteiger charge is 2.39. The second-order valence-electron chi connectivity index (χ2n) is 16.0. The molecule has 4 aliphatic heterocycles. The van der Waals surface area contributed by atoms with Gasteiger partial charge in [0, 0.05) is 94.2 Å². The predicted molar refractivity (Wildman–Crippen MR) is 225 cm³/mol. The number of benzene rings is 2. The first kappa shape index (κ1) is 40.1. The van der Waals surface area contributed by atoms with Gasteiger partial charge in [-0.15, -0.1) is 0 Å². The van der Waals surface area contributed by atoms with Crippen molar-refractivity contribution in [2.75, 3.05) is 74.6 Å². The van der Waals surface area contributed by atoms with E-state index in [1.54, 1.807) is 21.7 Å². The molecule has 0 bridgehead atoms. The maximum Gasteiger partial charge on any atom is 0.293 e. The second kappa shape index (κ2) is 16.9. The minimum absolute atomic E-state index is 0.0938. The van der Waals surface area contributed by atoms with Crippen molar-refractivity contribution in [2.45, 2.75) is 58.2 Å². The first-order chi connectivity index (χ1) is 28.4. The van der Waals surface area contributed by atoms with Gasteiger partial charge in [0.2, 0.25) is 17.8 Å². The molecular weight excluding hydrogens is 776 g/mol. The number of likely N-dealkylation sites (N-methyl/N-ethyl adjacent to an activating group) is 1. The van der Waals surface area contributed by atoms with Gasteiger partial charge in [-0.2, -0.15) is 4.98 Å². The Labute approximate surface area is 346 Å². The molecule has 3 N–H and O–H groups in total. The Kier molecular flexibility index (Phi) is 11.4. The number of amides is 4. The molecule has 17 heteroatoms. The fourth-order valence-corrected chi connectivity index (χ4v) is 8.73. The number of aromatic nitrogens is 3. The maximum atomic E-state index is 13.2. The summed E-state index contributed by atoms with van der Waals surface area (Å²) < 4.78 is 7.26. The molecule has 310 valence electrons. The zero-order valence-electron chi connectivity index (χ0n) is 33.5. The number of imide groups is 1. The van der Waals surface area contributed by atoms with Gasteiger partial charge >= 0.3 is 0 Å². The van der Waals surface area contributed by atoms with E-state index in [-0.39, 0.29) is 48.1 Å². The number of pyridine rings is 1. The topological polar surface area (TPSA) is 174 Å². The smallest absolute Gasteiger partial charge is 0.293 e. The third-order valence-electron chi connectivity index (χ3n) is 11.8. The van der Waals surface area contributed by atoms with E-state index in [4.69, 9.17) is 21.3 Å². The number of carbonyl (C=O) groups excluding carboxylic acids is 4. The lowest BCUT2D eigenvalue weighted by Crippen LogP contribution is -2.52. The number of carbonyl (C=O) groups is 4. The number of halogens is 1. The number of piperidine rings is 2. The third-order valence-corrected chi connectivity index (χ3v) is 12.1. The van der Waals surface area contributed by atoms with Crippen molar-refractivity contribution >= 4 is 69.3 Å². The van der Waals surface area contributed by atoms with Gasteiger partial charge in [-0.25, -0.2) is 4.98 Å². The van der Waals surface area contributed by atoms with Gasteiger partial charge < -0.3 is 34.6 Å². The molecular formula is C42H49ClN10O6. The fraction of sp³-hybridized carbons (Fsp3) is 0.452. The lowest BCUT2D eigenvalue weighted by molar-refractivity contribution is -0.137. The van der Waals surface area contributed by atoms with Crippen LogP contribution in [-0.4, -0.2) is 113 Å². The first-order valence-corrected chi connectivity index (χ1v) is 20.7. The molecule has 0 saturated carbocycles. The second-order valence-corrected chi connectivity index (χ2v) is 16.4. The largest absolute Gasteiger partial charge is 0.478 e. The summed E-state index contributed by atoms with van der Waals surface area (Å²) in [6.45, 7) is 10.2. The van der Waals surface area contributed by atoms with Gasteiger partial charge in [0.05, 0.1) is 11.7 Å². The van der Waals surface area contributed by atoms with E-state index < -0.39 is 11.9 Å². The van der Waals surface area contributed by atoms with Crippen molar-refractivity contribution in [2.24, 2.45) is 5.92 Å². The minimum Gasteiger partial charge on any atom is -0.478 e. The molecule has 1 unspecified atom stereocenters. The highest BCUT2D eigenvalue weighted by atomic mass is 35.5. The lowest BCUT2D eigenvalue weighted by Gasteiger charge is -2.39. The average Bonchev–Trinajstić information content (AvgIpc) is 3.55. The van der Waals surface area contributed by atoms with Crippen LogP contribution in [0.15, 0.2) is 53.5 Å². The summed E-state index contributed by atoms with van der Waals surface area (Å²) in [5, 5.41) is 9.34. The number of hydrogen-bond acceptors (Lipinski definition) is 12. The van der Waals surface area contributed by atoms with E-state index in [1.807, 2.05) is 44.2 Å². The van der Waals surface area contributed by atoms with Crippen LogP contribution in [0.3, 0.4) is 0 Å². The molecule has 8 rings (SSSR count). The summed E-state index contributed by atoms with van der Waals surface area (Å²) >= 11 is 6.60. The Morgan fingerprint density at radius 2 is 1.75 bits per heavy atom. The van der Waals surface area contributed by atoms with E-state index in [2.05, 4.69) is 41.7 Å². The molecule has 0 aliphatic carbocycles. The van der Waals surface area contributed by atoms with Crippen LogP contribution in [0.2, 0.25) is 5.02 Å². The Bertz CT molecular complexity index is 2350. The summed E-state index contributed by atoms with van der Waals surface area (Å²) in [6.07, 6.45) is 4.35. The molecule has 2 aromatic carbocycles. The van der Waals surface area contributed by atoms with Crippen LogP contribution in [0.4, 0.5) is 23.1 Å². The average molecular weight is 825 g/mol. The van der Waals surface area contributed by atoms with Gasteiger partial charge in [0.1, 0.15) is 11.1 Å². The zero-order chi connectivity index (χ0) is 41.4. The van der Waals surface area contributed by atoms with E-state index in [0.717, 1.165) is 80.8 Å². The Hall–Kier alpha value is -5.74. The SMILES string of the molecule is CNC(=O)COc1cc2cc(Nc3nc(N4CCN(CC5CCN(c6ccc7c(c6)CN(C6CCC(=O)NC6=O)C7=O)CC5)CC4)ncc3Cl)ccc2n(C(C)C)c1=O. The predicted octanol–water partition coefficient (Wildman–Crippen LogP) is 3.69. The summed E-state index contributed by atoms with van der Waals surface area (Å²) in [5.41, 5.74) is 3.81. The molecule has 3 fully saturated rings. The Morgan fingerprint density at radius 3 is 2.47 bits per heavy atom. The fourth-order valence-electron chi connectivity index (χ4n) is 8.59. The summed E-state index contributed by atoms with van der Waals surface area (Å²) in [5.74, 6) is 0.582. The highest BCUT2D eigenvalue weighted by molar-refractivity contribution is 6.33. The first-order valence-electron chi connectivity index (χ1n) is 20.3. The molecule has 4 aromatic rings. The van der Waals surface area contributed by atoms with E-state index >= 15 is 0 Å². The van der Waals surface area contributed by atoms with E-state index in [9.17, 15) is 24.0 Å². The quantitative estimate of drug-likeness (QED) is 0.188. The van der Waals surface area contributed by atoms with Crippen molar-refractivity contribution in [3.8, 4) is 5.75 Å². The number of fused-ring (bicyclic) bond motifs is 2. The molecule has 2 aromatic heterocycles. The van der Waals surface area contributed by atoms with Crippen molar-refractivity contribution in [3.63, 3.8) is 0 Å². The molecule has 4 aliphatic rings. The maximum absolute atomic E-state index is 13.2. The zero-order valence-corrected chi connectivity index (χ0v) is 34.3. The van der Waals surface area contributed by atoms with Gasteiger partial charge in [0.25, 0.3) is 17.4 Å². The van der Waals surface area contributed by atoms with Crippen LogP contribution in [0.25, 0.3) is 10.9 Å². The highest BCUT2D eigenvalue weighted by Crippen LogP contribution is 2.33. The van der Waals surface area contributed by atoms with Crippen LogP contribution in [0.5, 0.6) is 5.75 Å². The molecule has 0 spiro atoms. The Balaban J connectivity index is 0.847. The van der Waals surface area contributed by atoms with Crippen molar-refractivity contribution < 1.29 is 23.9 Å². The number of anilines is 4. The van der Waals surface area contributed by atoms with E-state index in [1.165, 1.54) is 7.05 Å². The summed E-state index contributed by atoms with van der Waals surface area (Å²) in [6, 6.07) is 12.5. The number of piperazine rings is 1. The number of hydrogen-bond donors (Lipinski definition) is 3. The van der Waals surface area contributed by atoms with Crippen LogP contribution in [0.1, 0.15) is 61.5 Å². The summed E-state index contributed by atoms with van der Waals surface area (Å²) in [4.78, 5) is 80.4. The van der Waals surface area contributed by atoms with Crippen molar-refractivity contribution in [1.82, 2.24) is 35.0 Å². The minimum atomic E-state index is -0.613. The van der Waals surface area contributed by atoms with E-state index in [0.29, 0.717) is 46.9 Å². The molecule has 3 saturated heterocycles. The normalized spacial score (nSPS) is 19.0. The number of ether oxygens (including phenoxy) is 1. The molecule has 6 heterocycles. The summed E-state index contributed by atoms with van der Waals surface area (Å²) in [7, 11) is 1.51. The molecule has 4 amide bonds. The molecule has 16 nitrogen and oxygen atoms in total. The van der Waals surface area contributed by atoms with Crippen LogP contribution in [0, 0.1) is 5.92 Å².